The fourth-order valence-electron chi connectivity index (χ4n) is 1.95. The number of halogens is 1. The summed E-state index contributed by atoms with van der Waals surface area (Å²) < 4.78 is 24.3. The highest BCUT2D eigenvalue weighted by molar-refractivity contribution is 5.41. The van der Waals surface area contributed by atoms with E-state index in [-0.39, 0.29) is 11.9 Å². The lowest BCUT2D eigenvalue weighted by molar-refractivity contribution is 0.408. The van der Waals surface area contributed by atoms with E-state index in [1.807, 2.05) is 25.1 Å². The molecule has 1 atom stereocenters. The molecule has 0 radical (unpaired) electrons. The van der Waals surface area contributed by atoms with Gasteiger partial charge in [0.2, 0.25) is 0 Å². The lowest BCUT2D eigenvalue weighted by atomic mass is 10.1. The summed E-state index contributed by atoms with van der Waals surface area (Å²) in [7, 11) is 1.60. The second kappa shape index (κ2) is 6.39. The van der Waals surface area contributed by atoms with Gasteiger partial charge in [-0.25, -0.2) is 4.39 Å². The first-order chi connectivity index (χ1) is 9.58. The Balaban J connectivity index is 2.27. The number of hydrogen-bond acceptors (Lipinski definition) is 3. The topological polar surface area (TPSA) is 44.5 Å². The van der Waals surface area contributed by atoms with E-state index < -0.39 is 0 Å². The highest BCUT2D eigenvalue weighted by Crippen LogP contribution is 2.29. The molecule has 2 N–H and O–H groups in total. The molecule has 1 unspecified atom stereocenters. The summed E-state index contributed by atoms with van der Waals surface area (Å²) in [5, 5.41) is 0. The number of hydrogen-bond donors (Lipinski definition) is 1. The van der Waals surface area contributed by atoms with E-state index in [1.165, 1.54) is 12.1 Å². The molecule has 0 aliphatic carbocycles. The second-order valence-electron chi connectivity index (χ2n) is 4.71. The standard InChI is InChI=1S/C16H18FNO2/c1-11(18)8-12-9-13(17)6-7-16(12)20-15-5-3-4-14(10-15)19-2/h3-7,9-11H,8,18H2,1-2H3. The van der Waals surface area contributed by atoms with Gasteiger partial charge in [0.1, 0.15) is 23.1 Å². The zero-order valence-corrected chi connectivity index (χ0v) is 11.6. The van der Waals surface area contributed by atoms with E-state index >= 15 is 0 Å². The van der Waals surface area contributed by atoms with Gasteiger partial charge in [-0.2, -0.15) is 0 Å². The summed E-state index contributed by atoms with van der Waals surface area (Å²) in [6, 6.07) is 11.7. The lowest BCUT2D eigenvalue weighted by Crippen LogP contribution is -2.18. The summed E-state index contributed by atoms with van der Waals surface area (Å²) in [6.45, 7) is 1.88. The fourth-order valence-corrected chi connectivity index (χ4v) is 1.95. The van der Waals surface area contributed by atoms with Crippen LogP contribution in [0.2, 0.25) is 0 Å². The average Bonchev–Trinajstić information content (AvgIpc) is 2.41. The van der Waals surface area contributed by atoms with Gasteiger partial charge in [-0.3, -0.25) is 0 Å². The largest absolute Gasteiger partial charge is 0.497 e. The van der Waals surface area contributed by atoms with Crippen molar-refractivity contribution < 1.29 is 13.9 Å². The summed E-state index contributed by atoms with van der Waals surface area (Å²) in [6.07, 6.45) is 0.553. The summed E-state index contributed by atoms with van der Waals surface area (Å²) in [5.74, 6) is 1.66. The number of nitrogens with two attached hydrogens (primary N) is 1. The van der Waals surface area contributed by atoms with Crippen molar-refractivity contribution in [2.75, 3.05) is 7.11 Å². The van der Waals surface area contributed by atoms with Crippen molar-refractivity contribution in [2.24, 2.45) is 5.73 Å². The molecule has 3 nitrogen and oxygen atoms in total. The molecule has 0 bridgehead atoms. The monoisotopic (exact) mass is 275 g/mol. The van der Waals surface area contributed by atoms with Crippen LogP contribution in [-0.2, 0) is 6.42 Å². The van der Waals surface area contributed by atoms with Crippen molar-refractivity contribution in [3.05, 3.63) is 53.8 Å². The van der Waals surface area contributed by atoms with Crippen molar-refractivity contribution in [1.29, 1.82) is 0 Å². The minimum atomic E-state index is -0.293. The molecule has 0 aliphatic heterocycles. The van der Waals surface area contributed by atoms with E-state index in [1.54, 1.807) is 19.2 Å². The highest BCUT2D eigenvalue weighted by Gasteiger charge is 2.09. The molecule has 20 heavy (non-hydrogen) atoms. The van der Waals surface area contributed by atoms with Gasteiger partial charge in [0, 0.05) is 12.1 Å². The number of ether oxygens (including phenoxy) is 2. The van der Waals surface area contributed by atoms with Gasteiger partial charge in [-0.15, -0.1) is 0 Å². The van der Waals surface area contributed by atoms with Gasteiger partial charge in [0.25, 0.3) is 0 Å². The molecule has 2 aromatic carbocycles. The summed E-state index contributed by atoms with van der Waals surface area (Å²) >= 11 is 0. The van der Waals surface area contributed by atoms with E-state index in [0.29, 0.717) is 23.7 Å². The first-order valence-corrected chi connectivity index (χ1v) is 6.44. The minimum absolute atomic E-state index is 0.0653. The molecule has 106 valence electrons. The van der Waals surface area contributed by atoms with Gasteiger partial charge in [-0.1, -0.05) is 6.07 Å². The Morgan fingerprint density at radius 3 is 2.60 bits per heavy atom. The molecule has 0 saturated carbocycles. The third-order valence-electron chi connectivity index (χ3n) is 2.83. The van der Waals surface area contributed by atoms with Gasteiger partial charge in [-0.05, 0) is 49.2 Å². The molecule has 0 fully saturated rings. The van der Waals surface area contributed by atoms with Crippen LogP contribution in [0, 0.1) is 5.82 Å². The smallest absolute Gasteiger partial charge is 0.131 e. The van der Waals surface area contributed by atoms with E-state index in [4.69, 9.17) is 15.2 Å². The van der Waals surface area contributed by atoms with Crippen molar-refractivity contribution in [3.8, 4) is 17.2 Å². The maximum absolute atomic E-state index is 13.3. The molecule has 2 rings (SSSR count). The van der Waals surface area contributed by atoms with Crippen LogP contribution in [0.25, 0.3) is 0 Å². The van der Waals surface area contributed by atoms with Crippen LogP contribution < -0.4 is 15.2 Å². The first-order valence-electron chi connectivity index (χ1n) is 6.44. The predicted octanol–water partition coefficient (Wildman–Crippen LogP) is 3.52. The SMILES string of the molecule is COc1cccc(Oc2ccc(F)cc2CC(C)N)c1. The van der Waals surface area contributed by atoms with Crippen molar-refractivity contribution in [2.45, 2.75) is 19.4 Å². The van der Waals surface area contributed by atoms with Crippen LogP contribution in [0.3, 0.4) is 0 Å². The van der Waals surface area contributed by atoms with E-state index in [9.17, 15) is 4.39 Å². The molecule has 0 aromatic heterocycles. The zero-order chi connectivity index (χ0) is 14.5. The molecule has 0 saturated heterocycles. The normalized spacial score (nSPS) is 12.0. The van der Waals surface area contributed by atoms with Crippen molar-refractivity contribution >= 4 is 0 Å². The number of benzene rings is 2. The van der Waals surface area contributed by atoms with Crippen LogP contribution in [0.1, 0.15) is 12.5 Å². The summed E-state index contributed by atoms with van der Waals surface area (Å²) in [4.78, 5) is 0. The Morgan fingerprint density at radius 1 is 1.15 bits per heavy atom. The quantitative estimate of drug-likeness (QED) is 0.908. The lowest BCUT2D eigenvalue weighted by Gasteiger charge is -2.13. The molecule has 2 aromatic rings. The molecule has 0 heterocycles. The third kappa shape index (κ3) is 3.71. The number of methoxy groups -OCH3 is 1. The van der Waals surface area contributed by atoms with Gasteiger partial charge in [0.15, 0.2) is 0 Å². The maximum atomic E-state index is 13.3. The van der Waals surface area contributed by atoms with Gasteiger partial charge >= 0.3 is 0 Å². The Kier molecular flexibility index (Phi) is 4.58. The van der Waals surface area contributed by atoms with Crippen LogP contribution in [0.5, 0.6) is 17.2 Å². The van der Waals surface area contributed by atoms with Crippen LogP contribution in [0.4, 0.5) is 4.39 Å². The Morgan fingerprint density at radius 2 is 1.90 bits per heavy atom. The highest BCUT2D eigenvalue weighted by atomic mass is 19.1. The molecular weight excluding hydrogens is 257 g/mol. The Labute approximate surface area is 118 Å². The maximum Gasteiger partial charge on any atom is 0.131 e. The van der Waals surface area contributed by atoms with Crippen LogP contribution in [0.15, 0.2) is 42.5 Å². The van der Waals surface area contributed by atoms with E-state index in [2.05, 4.69) is 0 Å². The number of rotatable bonds is 5. The summed E-state index contributed by atoms with van der Waals surface area (Å²) in [5.41, 5.74) is 6.54. The van der Waals surface area contributed by atoms with Gasteiger partial charge in [0.05, 0.1) is 7.11 Å². The molecule has 0 spiro atoms. The van der Waals surface area contributed by atoms with Crippen LogP contribution >= 0.6 is 0 Å². The Hall–Kier alpha value is -2.07. The fraction of sp³-hybridized carbons (Fsp3) is 0.250. The van der Waals surface area contributed by atoms with Crippen molar-refractivity contribution in [3.63, 3.8) is 0 Å². The molecule has 4 heteroatoms. The third-order valence-corrected chi connectivity index (χ3v) is 2.83. The van der Waals surface area contributed by atoms with Gasteiger partial charge < -0.3 is 15.2 Å². The molecular formula is C16H18FNO2. The second-order valence-corrected chi connectivity index (χ2v) is 4.71. The first kappa shape index (κ1) is 14.3. The predicted molar refractivity (Wildman–Crippen MR) is 76.8 cm³/mol. The molecule has 0 amide bonds. The minimum Gasteiger partial charge on any atom is -0.497 e. The Bertz CT molecular complexity index is 584. The van der Waals surface area contributed by atoms with Crippen molar-refractivity contribution in [1.82, 2.24) is 0 Å². The van der Waals surface area contributed by atoms with Crippen LogP contribution in [-0.4, -0.2) is 13.2 Å². The average molecular weight is 275 g/mol. The zero-order valence-electron chi connectivity index (χ0n) is 11.6. The molecule has 0 aliphatic rings. The van der Waals surface area contributed by atoms with E-state index in [0.717, 1.165) is 5.56 Å².